The van der Waals surface area contributed by atoms with E-state index in [1.807, 2.05) is 0 Å². The molecule has 0 atom stereocenters. The molecule has 1 aliphatic rings. The third-order valence-corrected chi connectivity index (χ3v) is 9.83. The van der Waals surface area contributed by atoms with Crippen molar-refractivity contribution in [2.45, 2.75) is 18.8 Å². The maximum atomic E-state index is 6.32. The Bertz CT molecular complexity index is 1630. The summed E-state index contributed by atoms with van der Waals surface area (Å²) < 4.78 is 0. The Kier molecular flexibility index (Phi) is 6.71. The molecule has 7 rings (SSSR count). The molecule has 2 heterocycles. The Hall–Kier alpha value is -4.16. The molecule has 2 N–H and O–H groups in total. The first kappa shape index (κ1) is 25.8. The van der Waals surface area contributed by atoms with Gasteiger partial charge >= 0.3 is 0 Å². The van der Waals surface area contributed by atoms with Crippen LogP contribution in [-0.2, 0) is 5.41 Å². The summed E-state index contributed by atoms with van der Waals surface area (Å²) in [5.74, 6) is 0. The summed E-state index contributed by atoms with van der Waals surface area (Å²) >= 11 is 3.51. The number of hydrogen-bond donors (Lipinski definition) is 1. The van der Waals surface area contributed by atoms with Crippen molar-refractivity contribution in [3.63, 3.8) is 0 Å². The normalized spacial score (nSPS) is 13.0. The lowest BCUT2D eigenvalue weighted by Crippen LogP contribution is -2.25. The number of hydrogen-bond acceptors (Lipinski definition) is 5. The molecule has 4 aromatic carbocycles. The van der Waals surface area contributed by atoms with Crippen LogP contribution in [0.1, 0.15) is 24.5 Å². The Morgan fingerprint density at radius 2 is 1.02 bits per heavy atom. The van der Waals surface area contributed by atoms with Gasteiger partial charge < -0.3 is 15.5 Å². The molecular weight excluding hydrogens is 539 g/mol. The minimum atomic E-state index is -0.207. The van der Waals surface area contributed by atoms with E-state index < -0.39 is 0 Å². The standard InChI is InChI=1S/C36H31N3S2/c1-36(20-21-37)32-24-28(38(34-14-8-22-40-34)26-10-4-2-5-11-26)16-18-30(32)31-19-17-29(25-33(31)36)39(35-15-9-23-41-35)27-12-6-3-7-13-27/h2-19,22-25H,20-21,37H2,1H3. The van der Waals surface area contributed by atoms with Crippen molar-refractivity contribution in [1.29, 1.82) is 0 Å². The third-order valence-electron chi connectivity index (χ3n) is 8.13. The average molecular weight is 570 g/mol. The van der Waals surface area contributed by atoms with Crippen LogP contribution in [-0.4, -0.2) is 6.54 Å². The number of thiophene rings is 2. The number of nitrogens with zero attached hydrogens (tertiary/aromatic N) is 2. The van der Waals surface area contributed by atoms with Crippen LogP contribution in [0, 0.1) is 0 Å². The average Bonchev–Trinajstić information content (AvgIpc) is 3.78. The predicted octanol–water partition coefficient (Wildman–Crippen LogP) is 10.4. The van der Waals surface area contributed by atoms with Crippen molar-refractivity contribution < 1.29 is 0 Å². The van der Waals surface area contributed by atoms with Crippen molar-refractivity contribution in [3.05, 3.63) is 143 Å². The molecule has 0 saturated heterocycles. The highest BCUT2D eigenvalue weighted by atomic mass is 32.1. The molecule has 202 valence electrons. The topological polar surface area (TPSA) is 32.5 Å². The van der Waals surface area contributed by atoms with E-state index >= 15 is 0 Å². The highest BCUT2D eigenvalue weighted by Crippen LogP contribution is 2.54. The molecule has 0 amide bonds. The maximum Gasteiger partial charge on any atom is 0.0999 e. The van der Waals surface area contributed by atoms with E-state index in [0.717, 1.165) is 29.2 Å². The quantitative estimate of drug-likeness (QED) is 0.198. The van der Waals surface area contributed by atoms with Gasteiger partial charge in [-0.3, -0.25) is 0 Å². The summed E-state index contributed by atoms with van der Waals surface area (Å²) in [6.45, 7) is 2.98. The van der Waals surface area contributed by atoms with Gasteiger partial charge in [0.1, 0.15) is 0 Å². The molecule has 5 heteroatoms. The van der Waals surface area contributed by atoms with Crippen LogP contribution >= 0.6 is 22.7 Å². The number of para-hydroxylation sites is 2. The zero-order valence-electron chi connectivity index (χ0n) is 22.9. The Morgan fingerprint density at radius 3 is 1.41 bits per heavy atom. The summed E-state index contributed by atoms with van der Waals surface area (Å²) in [7, 11) is 0. The second-order valence-corrected chi connectivity index (χ2v) is 12.4. The SMILES string of the molecule is CC1(CCN)c2cc(N(c3ccccc3)c3cccs3)ccc2-c2ccc(N(c3ccccc3)c3cccs3)cc21. The zero-order chi connectivity index (χ0) is 27.8. The summed E-state index contributed by atoms with van der Waals surface area (Å²) in [4.78, 5) is 4.71. The molecule has 6 aromatic rings. The fourth-order valence-electron chi connectivity index (χ4n) is 6.18. The van der Waals surface area contributed by atoms with Crippen LogP contribution in [0.25, 0.3) is 11.1 Å². The summed E-state index contributed by atoms with van der Waals surface area (Å²) in [6.07, 6.45) is 0.870. The van der Waals surface area contributed by atoms with E-state index in [9.17, 15) is 0 Å². The van der Waals surface area contributed by atoms with E-state index in [-0.39, 0.29) is 5.41 Å². The smallest absolute Gasteiger partial charge is 0.0999 e. The Labute approximate surface area is 249 Å². The number of anilines is 6. The van der Waals surface area contributed by atoms with E-state index in [2.05, 4.69) is 149 Å². The van der Waals surface area contributed by atoms with Crippen molar-refractivity contribution in [1.82, 2.24) is 0 Å². The second-order valence-electron chi connectivity index (χ2n) is 10.6. The van der Waals surface area contributed by atoms with Gasteiger partial charge in [0, 0.05) is 28.2 Å². The molecule has 0 fully saturated rings. The zero-order valence-corrected chi connectivity index (χ0v) is 24.5. The highest BCUT2D eigenvalue weighted by molar-refractivity contribution is 7.14. The van der Waals surface area contributed by atoms with Crippen LogP contribution < -0.4 is 15.5 Å². The van der Waals surface area contributed by atoms with Crippen LogP contribution in [0.2, 0.25) is 0 Å². The number of nitrogens with two attached hydrogens (primary N) is 1. The van der Waals surface area contributed by atoms with Gasteiger partial charge in [0.2, 0.25) is 0 Å². The number of benzene rings is 4. The van der Waals surface area contributed by atoms with Crippen LogP contribution in [0.3, 0.4) is 0 Å². The molecule has 0 saturated carbocycles. The van der Waals surface area contributed by atoms with Gasteiger partial charge in [-0.15, -0.1) is 22.7 Å². The van der Waals surface area contributed by atoms with E-state index in [4.69, 9.17) is 5.73 Å². The lowest BCUT2D eigenvalue weighted by atomic mass is 9.77. The van der Waals surface area contributed by atoms with Gasteiger partial charge in [-0.1, -0.05) is 55.5 Å². The lowest BCUT2D eigenvalue weighted by molar-refractivity contribution is 0.541. The molecular formula is C36H31N3S2. The molecule has 1 aliphatic carbocycles. The fourth-order valence-corrected chi connectivity index (χ4v) is 7.72. The first-order chi connectivity index (χ1) is 20.2. The van der Waals surface area contributed by atoms with Gasteiger partial charge in [-0.2, -0.15) is 0 Å². The molecule has 0 bridgehead atoms. The monoisotopic (exact) mass is 569 g/mol. The van der Waals surface area contributed by atoms with Crippen LogP contribution in [0.15, 0.2) is 132 Å². The van der Waals surface area contributed by atoms with Gasteiger partial charge in [-0.05, 0) is 119 Å². The largest absolute Gasteiger partial charge is 0.330 e. The molecule has 0 radical (unpaired) electrons. The van der Waals surface area contributed by atoms with E-state index in [1.54, 1.807) is 22.7 Å². The van der Waals surface area contributed by atoms with Crippen molar-refractivity contribution in [3.8, 4) is 11.1 Å². The van der Waals surface area contributed by atoms with E-state index in [0.29, 0.717) is 6.54 Å². The van der Waals surface area contributed by atoms with E-state index in [1.165, 1.54) is 32.3 Å². The van der Waals surface area contributed by atoms with Gasteiger partial charge in [0.25, 0.3) is 0 Å². The molecule has 0 aliphatic heterocycles. The molecule has 2 aromatic heterocycles. The maximum absolute atomic E-state index is 6.32. The molecule has 3 nitrogen and oxygen atoms in total. The lowest BCUT2D eigenvalue weighted by Gasteiger charge is -2.30. The summed E-state index contributed by atoms with van der Waals surface area (Å²) in [5, 5.41) is 6.68. The molecule has 0 unspecified atom stereocenters. The minimum Gasteiger partial charge on any atom is -0.330 e. The second kappa shape index (κ2) is 10.7. The molecule has 41 heavy (non-hydrogen) atoms. The Morgan fingerprint density at radius 1 is 0.561 bits per heavy atom. The summed E-state index contributed by atoms with van der Waals surface area (Å²) in [5.41, 5.74) is 16.0. The first-order valence-electron chi connectivity index (χ1n) is 13.9. The number of fused-ring (bicyclic) bond motifs is 3. The van der Waals surface area contributed by atoms with Gasteiger partial charge in [-0.25, -0.2) is 0 Å². The highest BCUT2D eigenvalue weighted by Gasteiger charge is 2.40. The van der Waals surface area contributed by atoms with Gasteiger partial charge in [0.15, 0.2) is 0 Å². The summed E-state index contributed by atoms with van der Waals surface area (Å²) in [6, 6.07) is 43.8. The van der Waals surface area contributed by atoms with Crippen molar-refractivity contribution in [2.75, 3.05) is 16.3 Å². The van der Waals surface area contributed by atoms with Crippen LogP contribution in [0.5, 0.6) is 0 Å². The fraction of sp³-hybridized carbons (Fsp3) is 0.111. The van der Waals surface area contributed by atoms with Gasteiger partial charge in [0.05, 0.1) is 10.0 Å². The predicted molar refractivity (Wildman–Crippen MR) is 177 cm³/mol. The minimum absolute atomic E-state index is 0.207. The number of rotatable bonds is 8. The van der Waals surface area contributed by atoms with Crippen molar-refractivity contribution in [2.24, 2.45) is 5.73 Å². The Balaban J connectivity index is 1.37. The molecule has 0 spiro atoms. The first-order valence-corrected chi connectivity index (χ1v) is 15.7. The third kappa shape index (κ3) is 4.47. The van der Waals surface area contributed by atoms with Crippen molar-refractivity contribution >= 4 is 55.4 Å². The van der Waals surface area contributed by atoms with Crippen LogP contribution in [0.4, 0.5) is 32.8 Å².